The Morgan fingerprint density at radius 2 is 2.23 bits per heavy atom. The molecule has 1 rings (SSSR count). The first-order chi connectivity index (χ1) is 6.24. The summed E-state index contributed by atoms with van der Waals surface area (Å²) in [5.41, 5.74) is 0. The van der Waals surface area contributed by atoms with Crippen molar-refractivity contribution in [1.29, 1.82) is 5.26 Å². The molecule has 0 heterocycles. The van der Waals surface area contributed by atoms with E-state index in [1.54, 1.807) is 0 Å². The van der Waals surface area contributed by atoms with Crippen LogP contribution in [0.3, 0.4) is 0 Å². The van der Waals surface area contributed by atoms with Crippen molar-refractivity contribution < 1.29 is 4.79 Å². The summed E-state index contributed by atoms with van der Waals surface area (Å²) >= 11 is 0. The third-order valence-electron chi connectivity index (χ3n) is 2.47. The minimum Gasteiger partial charge on any atom is -0.339 e. The van der Waals surface area contributed by atoms with E-state index in [-0.39, 0.29) is 5.91 Å². The predicted molar refractivity (Wildman–Crippen MR) is 49.8 cm³/mol. The number of nitrogens with zero attached hydrogens (tertiary/aromatic N) is 2. The Labute approximate surface area is 79.3 Å². The van der Waals surface area contributed by atoms with E-state index in [2.05, 4.69) is 6.07 Å². The molecule has 0 aromatic heterocycles. The number of hydrogen-bond acceptors (Lipinski definition) is 2. The highest BCUT2D eigenvalue weighted by atomic mass is 16.2. The summed E-state index contributed by atoms with van der Waals surface area (Å²) in [4.78, 5) is 13.6. The normalized spacial score (nSPS) is 17.6. The van der Waals surface area contributed by atoms with Crippen LogP contribution in [0.25, 0.3) is 0 Å². The summed E-state index contributed by atoms with van der Waals surface area (Å²) in [5.74, 6) is -0.407. The summed E-state index contributed by atoms with van der Waals surface area (Å²) in [7, 11) is 0. The van der Waals surface area contributed by atoms with Crippen LogP contribution in [0, 0.1) is 17.2 Å². The summed E-state index contributed by atoms with van der Waals surface area (Å²) in [6, 6.07) is 2.49. The smallest absolute Gasteiger partial charge is 0.240 e. The molecule has 0 bridgehead atoms. The monoisotopic (exact) mass is 180 g/mol. The molecule has 1 aliphatic carbocycles. The Morgan fingerprint density at radius 3 is 2.54 bits per heavy atom. The molecule has 0 radical (unpaired) electrons. The number of carbonyl (C=O) groups is 1. The third-order valence-corrected chi connectivity index (χ3v) is 2.47. The molecule has 3 nitrogen and oxygen atoms in total. The van der Waals surface area contributed by atoms with Gasteiger partial charge in [0.1, 0.15) is 5.92 Å². The Balaban J connectivity index is 2.57. The van der Waals surface area contributed by atoms with Gasteiger partial charge in [-0.2, -0.15) is 5.26 Å². The van der Waals surface area contributed by atoms with Gasteiger partial charge in [-0.25, -0.2) is 0 Å². The van der Waals surface area contributed by atoms with Gasteiger partial charge < -0.3 is 4.90 Å². The molecule has 13 heavy (non-hydrogen) atoms. The molecular weight excluding hydrogens is 164 g/mol. The van der Waals surface area contributed by atoms with E-state index in [1.165, 1.54) is 0 Å². The van der Waals surface area contributed by atoms with Crippen LogP contribution in [0.4, 0.5) is 0 Å². The third kappa shape index (κ3) is 2.21. The SMILES string of the molecule is CCC(C#N)C(=O)N(CC)C1CC1. The van der Waals surface area contributed by atoms with E-state index < -0.39 is 5.92 Å². The summed E-state index contributed by atoms with van der Waals surface area (Å²) in [6.07, 6.45) is 2.85. The average molecular weight is 180 g/mol. The molecule has 1 aliphatic rings. The zero-order valence-electron chi connectivity index (χ0n) is 8.29. The van der Waals surface area contributed by atoms with Crippen molar-refractivity contribution in [3.8, 4) is 6.07 Å². The molecule has 0 N–H and O–H groups in total. The molecule has 1 fully saturated rings. The van der Waals surface area contributed by atoms with Gasteiger partial charge in [-0.1, -0.05) is 6.92 Å². The van der Waals surface area contributed by atoms with E-state index in [9.17, 15) is 4.79 Å². The van der Waals surface area contributed by atoms with E-state index >= 15 is 0 Å². The summed E-state index contributed by atoms with van der Waals surface area (Å²) < 4.78 is 0. The number of hydrogen-bond donors (Lipinski definition) is 0. The lowest BCUT2D eigenvalue weighted by Gasteiger charge is -2.22. The second kappa shape index (κ2) is 4.27. The van der Waals surface area contributed by atoms with Crippen molar-refractivity contribution >= 4 is 5.91 Å². The second-order valence-corrected chi connectivity index (χ2v) is 3.45. The molecule has 0 aliphatic heterocycles. The highest BCUT2D eigenvalue weighted by Gasteiger charge is 2.34. The molecule has 72 valence electrons. The van der Waals surface area contributed by atoms with Gasteiger partial charge in [-0.15, -0.1) is 0 Å². The van der Waals surface area contributed by atoms with Gasteiger partial charge in [0.25, 0.3) is 0 Å². The number of rotatable bonds is 4. The quantitative estimate of drug-likeness (QED) is 0.658. The molecule has 0 saturated heterocycles. The van der Waals surface area contributed by atoms with Crippen LogP contribution in [0.2, 0.25) is 0 Å². The Bertz CT molecular complexity index is 228. The standard InChI is InChI=1S/C10H16N2O/c1-3-8(7-11)10(13)12(4-2)9-5-6-9/h8-9H,3-6H2,1-2H3. The zero-order valence-corrected chi connectivity index (χ0v) is 8.29. The van der Waals surface area contributed by atoms with Crippen molar-refractivity contribution in [2.75, 3.05) is 6.54 Å². The van der Waals surface area contributed by atoms with Crippen LogP contribution in [0.5, 0.6) is 0 Å². The largest absolute Gasteiger partial charge is 0.339 e. The molecule has 0 spiro atoms. The van der Waals surface area contributed by atoms with Gasteiger partial charge in [0.2, 0.25) is 5.91 Å². The van der Waals surface area contributed by atoms with Gasteiger partial charge in [-0.3, -0.25) is 4.79 Å². The minimum atomic E-state index is -0.430. The van der Waals surface area contributed by atoms with Crippen LogP contribution in [-0.2, 0) is 4.79 Å². The van der Waals surface area contributed by atoms with Crippen molar-refractivity contribution in [2.45, 2.75) is 39.2 Å². The van der Waals surface area contributed by atoms with Gasteiger partial charge in [0.15, 0.2) is 0 Å². The minimum absolute atomic E-state index is 0.0231. The van der Waals surface area contributed by atoms with Crippen molar-refractivity contribution in [2.24, 2.45) is 5.92 Å². The maximum Gasteiger partial charge on any atom is 0.240 e. The molecule has 1 unspecified atom stereocenters. The predicted octanol–water partition coefficient (Wildman–Crippen LogP) is 1.55. The average Bonchev–Trinajstić information content (AvgIpc) is 2.92. The lowest BCUT2D eigenvalue weighted by molar-refractivity contribution is -0.134. The highest BCUT2D eigenvalue weighted by molar-refractivity contribution is 5.81. The molecule has 1 amide bonds. The Hall–Kier alpha value is -1.04. The molecule has 0 aromatic rings. The van der Waals surface area contributed by atoms with Gasteiger partial charge in [0.05, 0.1) is 6.07 Å². The van der Waals surface area contributed by atoms with E-state index in [4.69, 9.17) is 5.26 Å². The highest BCUT2D eigenvalue weighted by Crippen LogP contribution is 2.28. The number of nitriles is 1. The van der Waals surface area contributed by atoms with E-state index in [0.29, 0.717) is 12.5 Å². The van der Waals surface area contributed by atoms with Gasteiger partial charge >= 0.3 is 0 Å². The molecule has 1 saturated carbocycles. The lowest BCUT2D eigenvalue weighted by Crippen LogP contribution is -2.37. The fourth-order valence-electron chi connectivity index (χ4n) is 1.50. The Morgan fingerprint density at radius 1 is 1.62 bits per heavy atom. The fourth-order valence-corrected chi connectivity index (χ4v) is 1.50. The number of amides is 1. The summed E-state index contributed by atoms with van der Waals surface area (Å²) in [5, 5.41) is 8.75. The van der Waals surface area contributed by atoms with Crippen LogP contribution in [-0.4, -0.2) is 23.4 Å². The molecular formula is C10H16N2O. The second-order valence-electron chi connectivity index (χ2n) is 3.45. The van der Waals surface area contributed by atoms with E-state index in [0.717, 1.165) is 19.4 Å². The summed E-state index contributed by atoms with van der Waals surface area (Å²) in [6.45, 7) is 4.59. The first-order valence-corrected chi connectivity index (χ1v) is 4.94. The van der Waals surface area contributed by atoms with Crippen molar-refractivity contribution in [3.05, 3.63) is 0 Å². The van der Waals surface area contributed by atoms with E-state index in [1.807, 2.05) is 18.7 Å². The van der Waals surface area contributed by atoms with Gasteiger partial charge in [-0.05, 0) is 26.2 Å². The maximum atomic E-state index is 11.7. The fraction of sp³-hybridized carbons (Fsp3) is 0.800. The van der Waals surface area contributed by atoms with Crippen LogP contribution >= 0.6 is 0 Å². The van der Waals surface area contributed by atoms with Crippen LogP contribution in [0.15, 0.2) is 0 Å². The topological polar surface area (TPSA) is 44.1 Å². The molecule has 1 atom stereocenters. The first kappa shape index (κ1) is 10.0. The van der Waals surface area contributed by atoms with Crippen molar-refractivity contribution in [1.82, 2.24) is 4.90 Å². The lowest BCUT2D eigenvalue weighted by atomic mass is 10.1. The van der Waals surface area contributed by atoms with Crippen LogP contribution in [0.1, 0.15) is 33.1 Å². The number of carbonyl (C=O) groups excluding carboxylic acids is 1. The first-order valence-electron chi connectivity index (χ1n) is 4.94. The van der Waals surface area contributed by atoms with Gasteiger partial charge in [0, 0.05) is 12.6 Å². The van der Waals surface area contributed by atoms with Crippen molar-refractivity contribution in [3.63, 3.8) is 0 Å². The van der Waals surface area contributed by atoms with Crippen LogP contribution < -0.4 is 0 Å². The Kier molecular flexibility index (Phi) is 3.30. The zero-order chi connectivity index (χ0) is 9.84. The molecule has 0 aromatic carbocycles. The molecule has 3 heteroatoms. The maximum absolute atomic E-state index is 11.7.